The topological polar surface area (TPSA) is 110 Å². The molecule has 1 amide bonds. The molecule has 2 aromatic carbocycles. The highest BCUT2D eigenvalue weighted by atomic mass is 32.1. The Morgan fingerprint density at radius 3 is 2.68 bits per heavy atom. The molecule has 4 rings (SSSR count). The van der Waals surface area contributed by atoms with E-state index in [1.54, 1.807) is 36.0 Å². The number of thiazole rings is 1. The molecule has 0 radical (unpaired) electrons. The number of amides is 1. The van der Waals surface area contributed by atoms with Crippen molar-refractivity contribution in [1.82, 2.24) is 9.88 Å². The van der Waals surface area contributed by atoms with Crippen LogP contribution < -0.4 is 21.9 Å². The Morgan fingerprint density at radius 1 is 1.24 bits per heavy atom. The summed E-state index contributed by atoms with van der Waals surface area (Å²) in [6.45, 7) is 4.45. The molecule has 1 saturated heterocycles. The molecule has 0 bridgehead atoms. The molecule has 37 heavy (non-hydrogen) atoms. The van der Waals surface area contributed by atoms with Crippen LogP contribution in [0, 0.1) is 6.92 Å². The Bertz CT molecular complexity index is 1270. The average molecular weight is 533 g/mol. The maximum atomic E-state index is 13.6. The molecule has 8 nitrogen and oxygen atoms in total. The van der Waals surface area contributed by atoms with E-state index in [2.05, 4.69) is 10.3 Å². The smallest absolute Gasteiger partial charge is 0.396 e. The molecule has 0 spiro atoms. The first-order valence-corrected chi connectivity index (χ1v) is 12.3. The molecular weight excluding hydrogens is 505 g/mol. The maximum Gasteiger partial charge on any atom is 0.416 e. The number of alkyl halides is 3. The van der Waals surface area contributed by atoms with Gasteiger partial charge in [0, 0.05) is 43.3 Å². The number of ether oxygens (including phenoxy) is 1. The number of anilines is 2. The summed E-state index contributed by atoms with van der Waals surface area (Å²) < 4.78 is 46.1. The van der Waals surface area contributed by atoms with Crippen LogP contribution in [0.1, 0.15) is 31.9 Å². The van der Waals surface area contributed by atoms with E-state index < -0.39 is 17.6 Å². The fourth-order valence-corrected chi connectivity index (χ4v) is 4.46. The number of halogens is 3. The third-order valence-electron chi connectivity index (χ3n) is 5.83. The van der Waals surface area contributed by atoms with E-state index in [-0.39, 0.29) is 11.3 Å². The number of carbonyl (C=O) groups is 1. The van der Waals surface area contributed by atoms with Crippen LogP contribution in [-0.4, -0.2) is 42.1 Å². The SMILES string of the molecule is Cc1ccc(C(=O)Nc2cc(CN3CCOCC3)cc(C(F)(F)F)c2)cc1N(N)/C=C(\N)c1cncs1. The van der Waals surface area contributed by atoms with Gasteiger partial charge in [0.15, 0.2) is 0 Å². The van der Waals surface area contributed by atoms with E-state index in [1.807, 2.05) is 11.8 Å². The summed E-state index contributed by atoms with van der Waals surface area (Å²) in [5, 5.41) is 3.91. The zero-order valence-electron chi connectivity index (χ0n) is 20.1. The fraction of sp³-hybridized carbons (Fsp3) is 0.280. The summed E-state index contributed by atoms with van der Waals surface area (Å²) >= 11 is 1.36. The predicted molar refractivity (Wildman–Crippen MR) is 138 cm³/mol. The fourth-order valence-electron chi connectivity index (χ4n) is 3.91. The van der Waals surface area contributed by atoms with Crippen molar-refractivity contribution in [2.75, 3.05) is 36.6 Å². The van der Waals surface area contributed by atoms with Crippen molar-refractivity contribution >= 4 is 34.3 Å². The monoisotopic (exact) mass is 532 g/mol. The number of rotatable bonds is 7. The molecule has 196 valence electrons. The summed E-state index contributed by atoms with van der Waals surface area (Å²) in [4.78, 5) is 19.8. The van der Waals surface area contributed by atoms with Crippen LogP contribution in [0.3, 0.4) is 0 Å². The van der Waals surface area contributed by atoms with Gasteiger partial charge in [0.1, 0.15) is 0 Å². The number of hydrogen-bond acceptors (Lipinski definition) is 8. The van der Waals surface area contributed by atoms with Crippen molar-refractivity contribution in [2.24, 2.45) is 11.6 Å². The van der Waals surface area contributed by atoms with Gasteiger partial charge in [0.25, 0.3) is 5.91 Å². The van der Waals surface area contributed by atoms with Gasteiger partial charge < -0.3 is 15.8 Å². The number of hydrogen-bond donors (Lipinski definition) is 3. The zero-order chi connectivity index (χ0) is 26.6. The van der Waals surface area contributed by atoms with Gasteiger partial charge in [-0.1, -0.05) is 6.07 Å². The summed E-state index contributed by atoms with van der Waals surface area (Å²) in [5.41, 5.74) is 9.34. The van der Waals surface area contributed by atoms with E-state index in [0.29, 0.717) is 49.8 Å². The number of morpholine rings is 1. The lowest BCUT2D eigenvalue weighted by Crippen LogP contribution is -2.35. The molecule has 1 fully saturated rings. The van der Waals surface area contributed by atoms with Crippen molar-refractivity contribution in [1.29, 1.82) is 0 Å². The van der Waals surface area contributed by atoms with Gasteiger partial charge in [-0.05, 0) is 48.4 Å². The van der Waals surface area contributed by atoms with Crippen LogP contribution in [0.2, 0.25) is 0 Å². The molecule has 1 aliphatic heterocycles. The number of hydrazine groups is 1. The molecular formula is C25H27F3N6O2S. The minimum Gasteiger partial charge on any atom is -0.396 e. The minimum atomic E-state index is -4.55. The van der Waals surface area contributed by atoms with Gasteiger partial charge in [0.2, 0.25) is 0 Å². The van der Waals surface area contributed by atoms with Gasteiger partial charge in [-0.2, -0.15) is 13.2 Å². The number of aryl methyl sites for hydroxylation is 1. The predicted octanol–water partition coefficient (Wildman–Crippen LogP) is 4.19. The lowest BCUT2D eigenvalue weighted by Gasteiger charge is -2.27. The molecule has 1 aromatic heterocycles. The Morgan fingerprint density at radius 2 is 2.00 bits per heavy atom. The number of carbonyl (C=O) groups excluding carboxylic acids is 1. The summed E-state index contributed by atoms with van der Waals surface area (Å²) in [5.74, 6) is 5.63. The van der Waals surface area contributed by atoms with Crippen LogP contribution in [0.4, 0.5) is 24.5 Å². The summed E-state index contributed by atoms with van der Waals surface area (Å²) in [6, 6.07) is 8.46. The van der Waals surface area contributed by atoms with Gasteiger partial charge in [-0.15, -0.1) is 11.3 Å². The standard InChI is InChI=1S/C25H27F3N6O2S/c1-16-2-3-18(10-22(16)34(30)14-21(29)23-12-31-15-37-23)24(35)32-20-9-17(8-19(11-20)25(26,27)28)13-33-4-6-36-7-5-33/h2-3,8-12,14-15H,4-7,13,29-30H2,1H3,(H,32,35)/b21-14-. The quantitative estimate of drug-likeness (QED) is 0.309. The van der Waals surface area contributed by atoms with Crippen LogP contribution in [0.25, 0.3) is 5.70 Å². The summed E-state index contributed by atoms with van der Waals surface area (Å²) in [7, 11) is 0. The average Bonchev–Trinajstić information content (AvgIpc) is 3.39. The first kappa shape index (κ1) is 26.6. The van der Waals surface area contributed by atoms with Crippen molar-refractivity contribution in [2.45, 2.75) is 19.6 Å². The van der Waals surface area contributed by atoms with E-state index in [9.17, 15) is 18.0 Å². The number of nitrogens with two attached hydrogens (primary N) is 2. The second-order valence-corrected chi connectivity index (χ2v) is 9.50. The second-order valence-electron chi connectivity index (χ2n) is 8.62. The van der Waals surface area contributed by atoms with Gasteiger partial charge in [-0.3, -0.25) is 19.7 Å². The number of nitrogens with zero attached hydrogens (tertiary/aromatic N) is 3. The molecule has 5 N–H and O–H groups in total. The van der Waals surface area contributed by atoms with E-state index >= 15 is 0 Å². The highest BCUT2D eigenvalue weighted by molar-refractivity contribution is 7.10. The molecule has 0 aliphatic carbocycles. The van der Waals surface area contributed by atoms with Crippen molar-refractivity contribution in [3.63, 3.8) is 0 Å². The van der Waals surface area contributed by atoms with E-state index in [4.69, 9.17) is 16.3 Å². The molecule has 1 aliphatic rings. The number of aromatic nitrogens is 1. The maximum absolute atomic E-state index is 13.6. The lowest BCUT2D eigenvalue weighted by atomic mass is 10.1. The normalized spacial score (nSPS) is 15.0. The lowest BCUT2D eigenvalue weighted by molar-refractivity contribution is -0.137. The Labute approximate surface area is 216 Å². The van der Waals surface area contributed by atoms with Gasteiger partial charge in [0.05, 0.1) is 40.5 Å². The molecule has 3 aromatic rings. The van der Waals surface area contributed by atoms with Crippen molar-refractivity contribution in [3.05, 3.63) is 81.4 Å². The van der Waals surface area contributed by atoms with Crippen LogP contribution >= 0.6 is 11.3 Å². The van der Waals surface area contributed by atoms with E-state index in [1.165, 1.54) is 22.5 Å². The Hall–Kier alpha value is -3.45. The third kappa shape index (κ3) is 6.86. The number of benzene rings is 2. The van der Waals surface area contributed by atoms with Crippen LogP contribution in [0.5, 0.6) is 0 Å². The number of nitrogens with one attached hydrogen (secondary N) is 1. The molecule has 2 heterocycles. The van der Waals surface area contributed by atoms with Crippen molar-refractivity contribution < 1.29 is 22.7 Å². The van der Waals surface area contributed by atoms with Crippen molar-refractivity contribution in [3.8, 4) is 0 Å². The minimum absolute atomic E-state index is 0.0594. The van der Waals surface area contributed by atoms with Crippen LogP contribution in [-0.2, 0) is 17.5 Å². The van der Waals surface area contributed by atoms with Gasteiger partial charge >= 0.3 is 6.18 Å². The third-order valence-corrected chi connectivity index (χ3v) is 6.65. The highest BCUT2D eigenvalue weighted by Gasteiger charge is 2.31. The highest BCUT2D eigenvalue weighted by Crippen LogP contribution is 2.33. The largest absolute Gasteiger partial charge is 0.416 e. The van der Waals surface area contributed by atoms with E-state index in [0.717, 1.165) is 22.6 Å². The first-order valence-electron chi connectivity index (χ1n) is 11.4. The first-order chi connectivity index (χ1) is 17.6. The summed E-state index contributed by atoms with van der Waals surface area (Å²) in [6.07, 6.45) is -1.42. The molecule has 12 heteroatoms. The molecule has 0 saturated carbocycles. The molecule has 0 atom stereocenters. The zero-order valence-corrected chi connectivity index (χ0v) is 20.9. The van der Waals surface area contributed by atoms with Gasteiger partial charge in [-0.25, -0.2) is 5.84 Å². The Kier molecular flexibility index (Phi) is 8.13. The second kappa shape index (κ2) is 11.3. The Balaban J connectivity index is 1.56. The molecule has 0 unspecified atom stereocenters. The van der Waals surface area contributed by atoms with Crippen LogP contribution in [0.15, 0.2) is 54.3 Å².